The van der Waals surface area contributed by atoms with Gasteiger partial charge in [-0.05, 0) is 51.7 Å². The Kier molecular flexibility index (Phi) is 2.41. The van der Waals surface area contributed by atoms with Crippen molar-refractivity contribution in [2.75, 3.05) is 0 Å². The van der Waals surface area contributed by atoms with Crippen molar-refractivity contribution in [2.45, 2.75) is 38.5 Å². The summed E-state index contributed by atoms with van der Waals surface area (Å²) >= 11 is 3.59. The third kappa shape index (κ3) is 1.78. The molecule has 0 saturated heterocycles. The monoisotopic (exact) mass is 239 g/mol. The second kappa shape index (κ2) is 3.41. The first-order valence-electron chi connectivity index (χ1n) is 4.83. The molecule has 70 valence electrons. The minimum atomic E-state index is 0.584. The molecule has 1 heterocycles. The van der Waals surface area contributed by atoms with E-state index in [1.807, 2.05) is 12.4 Å². The van der Waals surface area contributed by atoms with Crippen LogP contribution in [0.2, 0.25) is 0 Å². The average Bonchev–Trinajstić information content (AvgIpc) is 2.86. The highest BCUT2D eigenvalue weighted by Crippen LogP contribution is 2.46. The van der Waals surface area contributed by atoms with E-state index in [1.165, 1.54) is 28.4 Å². The second-order valence-corrected chi connectivity index (χ2v) is 4.91. The van der Waals surface area contributed by atoms with Crippen LogP contribution in [-0.4, -0.2) is 4.98 Å². The van der Waals surface area contributed by atoms with Crippen LogP contribution in [-0.2, 0) is 0 Å². The van der Waals surface area contributed by atoms with E-state index in [0.717, 1.165) is 5.92 Å². The van der Waals surface area contributed by atoms with Gasteiger partial charge in [0.2, 0.25) is 0 Å². The number of hydrogen-bond donors (Lipinski definition) is 0. The predicted octanol–water partition coefficient (Wildman–Crippen LogP) is 3.84. The summed E-state index contributed by atoms with van der Waals surface area (Å²) in [6.45, 7) is 4.46. The molecule has 1 saturated carbocycles. The van der Waals surface area contributed by atoms with Crippen molar-refractivity contribution in [3.05, 3.63) is 28.0 Å². The van der Waals surface area contributed by atoms with Gasteiger partial charge in [-0.15, -0.1) is 0 Å². The van der Waals surface area contributed by atoms with Crippen LogP contribution >= 0.6 is 15.9 Å². The Balaban J connectivity index is 2.47. The zero-order chi connectivity index (χ0) is 9.42. The predicted molar refractivity (Wildman–Crippen MR) is 58.0 cm³/mol. The lowest BCUT2D eigenvalue weighted by Gasteiger charge is -2.12. The van der Waals surface area contributed by atoms with E-state index in [2.05, 4.69) is 34.8 Å². The fourth-order valence-corrected chi connectivity index (χ4v) is 2.39. The van der Waals surface area contributed by atoms with Crippen molar-refractivity contribution < 1.29 is 0 Å². The second-order valence-electron chi connectivity index (χ2n) is 4.05. The van der Waals surface area contributed by atoms with Crippen LogP contribution in [0.1, 0.15) is 49.7 Å². The maximum atomic E-state index is 4.23. The third-order valence-corrected chi connectivity index (χ3v) is 3.21. The summed E-state index contributed by atoms with van der Waals surface area (Å²) in [6.07, 6.45) is 6.63. The highest BCUT2D eigenvalue weighted by Gasteiger charge is 2.28. The lowest BCUT2D eigenvalue weighted by atomic mass is 9.97. The van der Waals surface area contributed by atoms with Gasteiger partial charge in [0.25, 0.3) is 0 Å². The molecular weight excluding hydrogens is 226 g/mol. The minimum absolute atomic E-state index is 0.584. The molecular formula is C11H14BrN. The first-order valence-corrected chi connectivity index (χ1v) is 5.62. The van der Waals surface area contributed by atoms with E-state index in [9.17, 15) is 0 Å². The Bertz CT molecular complexity index is 316. The van der Waals surface area contributed by atoms with Gasteiger partial charge in [0, 0.05) is 16.9 Å². The Morgan fingerprint density at radius 1 is 1.38 bits per heavy atom. The zero-order valence-corrected chi connectivity index (χ0v) is 9.63. The Morgan fingerprint density at radius 2 is 2.08 bits per heavy atom. The fourth-order valence-electron chi connectivity index (χ4n) is 1.72. The van der Waals surface area contributed by atoms with Crippen molar-refractivity contribution in [3.8, 4) is 0 Å². The molecule has 1 fully saturated rings. The molecule has 0 N–H and O–H groups in total. The minimum Gasteiger partial charge on any atom is -0.263 e. The van der Waals surface area contributed by atoms with Crippen LogP contribution in [0.4, 0.5) is 0 Å². The van der Waals surface area contributed by atoms with Crippen LogP contribution in [0.15, 0.2) is 16.9 Å². The third-order valence-electron chi connectivity index (χ3n) is 2.58. The van der Waals surface area contributed by atoms with Crippen molar-refractivity contribution in [2.24, 2.45) is 0 Å². The van der Waals surface area contributed by atoms with E-state index in [1.54, 1.807) is 0 Å². The molecule has 0 radical (unpaired) electrons. The quantitative estimate of drug-likeness (QED) is 0.765. The van der Waals surface area contributed by atoms with Gasteiger partial charge >= 0.3 is 0 Å². The molecule has 0 atom stereocenters. The van der Waals surface area contributed by atoms with Crippen molar-refractivity contribution in [1.82, 2.24) is 4.98 Å². The summed E-state index contributed by atoms with van der Waals surface area (Å²) in [5, 5.41) is 0. The van der Waals surface area contributed by atoms with Crippen molar-refractivity contribution in [3.63, 3.8) is 0 Å². The van der Waals surface area contributed by atoms with Gasteiger partial charge in [-0.1, -0.05) is 13.8 Å². The molecule has 1 aliphatic rings. The average molecular weight is 240 g/mol. The normalized spacial score (nSPS) is 16.6. The zero-order valence-electron chi connectivity index (χ0n) is 8.05. The fraction of sp³-hybridized carbons (Fsp3) is 0.545. The molecule has 13 heavy (non-hydrogen) atoms. The standard InChI is InChI=1S/C11H14BrN/c1-7(2)9-5-13-6-10(12)11(9)8-3-4-8/h5-8H,3-4H2,1-2H3. The summed E-state index contributed by atoms with van der Waals surface area (Å²) in [4.78, 5) is 4.23. The van der Waals surface area contributed by atoms with Crippen molar-refractivity contribution >= 4 is 15.9 Å². The number of rotatable bonds is 2. The molecule has 0 spiro atoms. The lowest BCUT2D eigenvalue weighted by molar-refractivity contribution is 0.829. The molecule has 1 aromatic heterocycles. The van der Waals surface area contributed by atoms with Gasteiger partial charge in [0.1, 0.15) is 0 Å². The maximum Gasteiger partial charge on any atom is 0.0413 e. The van der Waals surface area contributed by atoms with Gasteiger partial charge in [-0.3, -0.25) is 4.98 Å². The number of aromatic nitrogens is 1. The summed E-state index contributed by atoms with van der Waals surface area (Å²) in [7, 11) is 0. The van der Waals surface area contributed by atoms with Gasteiger partial charge in [0.15, 0.2) is 0 Å². The maximum absolute atomic E-state index is 4.23. The number of halogens is 1. The molecule has 1 aromatic rings. The summed E-state index contributed by atoms with van der Waals surface area (Å²) in [5.74, 6) is 1.38. The topological polar surface area (TPSA) is 12.9 Å². The summed E-state index contributed by atoms with van der Waals surface area (Å²) in [6, 6.07) is 0. The van der Waals surface area contributed by atoms with E-state index < -0.39 is 0 Å². The number of pyridine rings is 1. The largest absolute Gasteiger partial charge is 0.263 e. The van der Waals surface area contributed by atoms with Crippen LogP contribution in [0.25, 0.3) is 0 Å². The highest BCUT2D eigenvalue weighted by atomic mass is 79.9. The van der Waals surface area contributed by atoms with Gasteiger partial charge < -0.3 is 0 Å². The molecule has 1 nitrogen and oxygen atoms in total. The first kappa shape index (κ1) is 9.20. The molecule has 1 aliphatic carbocycles. The molecule has 0 aromatic carbocycles. The van der Waals surface area contributed by atoms with Gasteiger partial charge in [-0.2, -0.15) is 0 Å². The van der Waals surface area contributed by atoms with E-state index in [4.69, 9.17) is 0 Å². The highest BCUT2D eigenvalue weighted by molar-refractivity contribution is 9.10. The summed E-state index contributed by atoms with van der Waals surface area (Å²) in [5.41, 5.74) is 2.92. The van der Waals surface area contributed by atoms with Crippen LogP contribution < -0.4 is 0 Å². The van der Waals surface area contributed by atoms with Crippen LogP contribution in [0.5, 0.6) is 0 Å². The Hall–Kier alpha value is -0.370. The van der Waals surface area contributed by atoms with Gasteiger partial charge in [-0.25, -0.2) is 0 Å². The van der Waals surface area contributed by atoms with Crippen LogP contribution in [0.3, 0.4) is 0 Å². The lowest BCUT2D eigenvalue weighted by Crippen LogP contribution is -1.97. The van der Waals surface area contributed by atoms with E-state index in [-0.39, 0.29) is 0 Å². The molecule has 0 aliphatic heterocycles. The van der Waals surface area contributed by atoms with Crippen LogP contribution in [0, 0.1) is 0 Å². The SMILES string of the molecule is CC(C)c1cncc(Br)c1C1CC1. The number of hydrogen-bond acceptors (Lipinski definition) is 1. The Labute approximate surface area is 87.7 Å². The first-order chi connectivity index (χ1) is 6.20. The van der Waals surface area contributed by atoms with Gasteiger partial charge in [0.05, 0.1) is 0 Å². The Morgan fingerprint density at radius 3 is 2.62 bits per heavy atom. The van der Waals surface area contributed by atoms with E-state index >= 15 is 0 Å². The molecule has 0 amide bonds. The van der Waals surface area contributed by atoms with E-state index in [0.29, 0.717) is 5.92 Å². The van der Waals surface area contributed by atoms with Crippen molar-refractivity contribution in [1.29, 1.82) is 0 Å². The number of nitrogens with zero attached hydrogens (tertiary/aromatic N) is 1. The molecule has 0 bridgehead atoms. The molecule has 2 rings (SSSR count). The molecule has 0 unspecified atom stereocenters. The molecule has 2 heteroatoms. The summed E-state index contributed by atoms with van der Waals surface area (Å²) < 4.78 is 1.20. The smallest absolute Gasteiger partial charge is 0.0413 e.